The summed E-state index contributed by atoms with van der Waals surface area (Å²) in [6, 6.07) is 0.00980. The van der Waals surface area contributed by atoms with Gasteiger partial charge < -0.3 is 4.52 Å². The molecule has 1 unspecified atom stereocenters. The third kappa shape index (κ3) is 3.03. The van der Waals surface area contributed by atoms with Crippen molar-refractivity contribution >= 4 is 9.84 Å². The molecule has 1 saturated carbocycles. The molecule has 6 nitrogen and oxygen atoms in total. The van der Waals surface area contributed by atoms with E-state index in [1.54, 1.807) is 0 Å². The van der Waals surface area contributed by atoms with Crippen molar-refractivity contribution in [2.24, 2.45) is 0 Å². The van der Waals surface area contributed by atoms with Crippen molar-refractivity contribution in [1.82, 2.24) is 15.0 Å². The molecule has 2 aliphatic rings. The number of hydrogen-bond donors (Lipinski definition) is 0. The highest BCUT2D eigenvalue weighted by atomic mass is 32.2. The first-order chi connectivity index (χ1) is 9.53. The van der Waals surface area contributed by atoms with E-state index in [0.717, 1.165) is 18.7 Å². The Morgan fingerprint density at radius 1 is 1.35 bits per heavy atom. The topological polar surface area (TPSA) is 76.3 Å². The third-order valence-electron chi connectivity index (χ3n) is 4.35. The van der Waals surface area contributed by atoms with Gasteiger partial charge in [0.05, 0.1) is 18.1 Å². The minimum Gasteiger partial charge on any atom is -0.338 e. The molecule has 1 aromatic rings. The van der Waals surface area contributed by atoms with Crippen molar-refractivity contribution in [1.29, 1.82) is 0 Å². The summed E-state index contributed by atoms with van der Waals surface area (Å²) in [6.45, 7) is 3.03. The minimum absolute atomic E-state index is 0.00980. The molecule has 0 amide bonds. The lowest BCUT2D eigenvalue weighted by molar-refractivity contribution is 0.189. The fourth-order valence-electron chi connectivity index (χ4n) is 3.12. The van der Waals surface area contributed by atoms with E-state index in [9.17, 15) is 8.42 Å². The fraction of sp³-hybridized carbons (Fsp3) is 0.846. The van der Waals surface area contributed by atoms with Crippen LogP contribution in [0.4, 0.5) is 0 Å². The van der Waals surface area contributed by atoms with Gasteiger partial charge in [-0.05, 0) is 19.8 Å². The average molecular weight is 299 g/mol. The first-order valence-corrected chi connectivity index (χ1v) is 9.12. The van der Waals surface area contributed by atoms with Crippen molar-refractivity contribution in [3.8, 4) is 0 Å². The first-order valence-electron chi connectivity index (χ1n) is 7.30. The first kappa shape index (κ1) is 14.0. The van der Waals surface area contributed by atoms with Gasteiger partial charge in [-0.1, -0.05) is 18.0 Å². The van der Waals surface area contributed by atoms with Gasteiger partial charge in [-0.15, -0.1) is 0 Å². The van der Waals surface area contributed by atoms with Crippen LogP contribution in [0, 0.1) is 0 Å². The molecule has 1 aliphatic heterocycles. The largest absolute Gasteiger partial charge is 0.338 e. The Bertz CT molecular complexity index is 563. The Morgan fingerprint density at radius 2 is 2.10 bits per heavy atom. The molecule has 1 atom stereocenters. The van der Waals surface area contributed by atoms with E-state index in [-0.39, 0.29) is 17.5 Å². The summed E-state index contributed by atoms with van der Waals surface area (Å²) in [5.41, 5.74) is 0. The lowest BCUT2D eigenvalue weighted by Crippen LogP contribution is -2.46. The van der Waals surface area contributed by atoms with E-state index in [1.165, 1.54) is 12.8 Å². The normalized spacial score (nSPS) is 27.9. The smallest absolute Gasteiger partial charge is 0.240 e. The predicted octanol–water partition coefficient (Wildman–Crippen LogP) is 1.35. The molecule has 112 valence electrons. The van der Waals surface area contributed by atoms with Gasteiger partial charge in [0.1, 0.15) is 0 Å². The van der Waals surface area contributed by atoms with Gasteiger partial charge in [0.15, 0.2) is 15.7 Å². The molecule has 7 heteroatoms. The number of aromatic nitrogens is 2. The third-order valence-corrected chi connectivity index (χ3v) is 6.15. The van der Waals surface area contributed by atoms with Crippen LogP contribution < -0.4 is 0 Å². The van der Waals surface area contributed by atoms with Gasteiger partial charge in [-0.3, -0.25) is 4.90 Å². The maximum absolute atomic E-state index is 11.6. The van der Waals surface area contributed by atoms with Gasteiger partial charge in [-0.2, -0.15) is 4.98 Å². The highest BCUT2D eigenvalue weighted by Gasteiger charge is 2.29. The van der Waals surface area contributed by atoms with E-state index in [2.05, 4.69) is 15.0 Å². The Kier molecular flexibility index (Phi) is 3.81. The van der Waals surface area contributed by atoms with E-state index in [1.807, 2.05) is 6.92 Å². The maximum Gasteiger partial charge on any atom is 0.240 e. The second-order valence-electron chi connectivity index (χ2n) is 5.96. The molecule has 0 bridgehead atoms. The van der Waals surface area contributed by atoms with E-state index in [0.29, 0.717) is 24.9 Å². The molecule has 0 N–H and O–H groups in total. The van der Waals surface area contributed by atoms with Gasteiger partial charge in [0.25, 0.3) is 0 Å². The minimum atomic E-state index is -2.87. The standard InChI is InChI=1S/C13H21N3O3S/c1-10-9-20(17,18)7-6-16(10)8-12-14-13(15-19-12)11-4-2-3-5-11/h10-11H,2-9H2,1H3. The van der Waals surface area contributed by atoms with Crippen LogP contribution in [0.15, 0.2) is 4.52 Å². The van der Waals surface area contributed by atoms with Crippen LogP contribution in [0.2, 0.25) is 0 Å². The summed E-state index contributed by atoms with van der Waals surface area (Å²) in [7, 11) is -2.87. The molecule has 2 fully saturated rings. The molecule has 0 radical (unpaired) electrons. The van der Waals surface area contributed by atoms with Crippen molar-refractivity contribution < 1.29 is 12.9 Å². The highest BCUT2D eigenvalue weighted by molar-refractivity contribution is 7.91. The SMILES string of the molecule is CC1CS(=O)(=O)CCN1Cc1nc(C2CCCC2)no1. The summed E-state index contributed by atoms with van der Waals surface area (Å²) in [4.78, 5) is 6.59. The second-order valence-corrected chi connectivity index (χ2v) is 8.19. The molecule has 1 saturated heterocycles. The van der Waals surface area contributed by atoms with Crippen molar-refractivity contribution in [2.45, 2.75) is 51.1 Å². The quantitative estimate of drug-likeness (QED) is 0.838. The van der Waals surface area contributed by atoms with Gasteiger partial charge in [-0.25, -0.2) is 8.42 Å². The van der Waals surface area contributed by atoms with Crippen LogP contribution in [-0.2, 0) is 16.4 Å². The van der Waals surface area contributed by atoms with Crippen LogP contribution in [-0.4, -0.2) is 47.6 Å². The molecule has 0 aromatic carbocycles. The van der Waals surface area contributed by atoms with Crippen molar-refractivity contribution in [3.05, 3.63) is 11.7 Å². The summed E-state index contributed by atoms with van der Waals surface area (Å²) >= 11 is 0. The lowest BCUT2D eigenvalue weighted by atomic mass is 10.1. The van der Waals surface area contributed by atoms with Crippen molar-refractivity contribution in [3.63, 3.8) is 0 Å². The predicted molar refractivity (Wildman–Crippen MR) is 74.0 cm³/mol. The van der Waals surface area contributed by atoms with Gasteiger partial charge >= 0.3 is 0 Å². The monoisotopic (exact) mass is 299 g/mol. The van der Waals surface area contributed by atoms with Crippen LogP contribution in [0.25, 0.3) is 0 Å². The molecule has 20 heavy (non-hydrogen) atoms. The van der Waals surface area contributed by atoms with E-state index >= 15 is 0 Å². The maximum atomic E-state index is 11.6. The Balaban J connectivity index is 1.63. The summed E-state index contributed by atoms with van der Waals surface area (Å²) in [6.07, 6.45) is 4.79. The summed E-state index contributed by atoms with van der Waals surface area (Å²) < 4.78 is 28.4. The van der Waals surface area contributed by atoms with E-state index < -0.39 is 9.84 Å². The van der Waals surface area contributed by atoms with Gasteiger partial charge in [0, 0.05) is 18.5 Å². The number of hydrogen-bond acceptors (Lipinski definition) is 6. The average Bonchev–Trinajstić information content (AvgIpc) is 3.03. The lowest BCUT2D eigenvalue weighted by Gasteiger charge is -2.31. The van der Waals surface area contributed by atoms with Crippen LogP contribution >= 0.6 is 0 Å². The molecule has 0 spiro atoms. The fourth-order valence-corrected chi connectivity index (χ4v) is 4.75. The number of sulfone groups is 1. The van der Waals surface area contributed by atoms with Crippen LogP contribution in [0.1, 0.15) is 50.2 Å². The van der Waals surface area contributed by atoms with E-state index in [4.69, 9.17) is 4.52 Å². The number of nitrogens with zero attached hydrogens (tertiary/aromatic N) is 3. The molecular formula is C13H21N3O3S. The second kappa shape index (κ2) is 5.44. The molecule has 3 rings (SSSR count). The molecule has 2 heterocycles. The Morgan fingerprint density at radius 3 is 2.80 bits per heavy atom. The van der Waals surface area contributed by atoms with Gasteiger partial charge in [0.2, 0.25) is 5.89 Å². The Labute approximate surface area is 119 Å². The number of rotatable bonds is 3. The zero-order valence-corrected chi connectivity index (χ0v) is 12.6. The highest BCUT2D eigenvalue weighted by Crippen LogP contribution is 2.32. The van der Waals surface area contributed by atoms with Crippen LogP contribution in [0.3, 0.4) is 0 Å². The summed E-state index contributed by atoms with van der Waals surface area (Å²) in [5.74, 6) is 2.33. The molecule has 1 aliphatic carbocycles. The zero-order chi connectivity index (χ0) is 14.2. The van der Waals surface area contributed by atoms with Crippen LogP contribution in [0.5, 0.6) is 0 Å². The summed E-state index contributed by atoms with van der Waals surface area (Å²) in [5, 5.41) is 4.09. The molecule has 1 aromatic heterocycles. The zero-order valence-electron chi connectivity index (χ0n) is 11.8. The van der Waals surface area contributed by atoms with Crippen molar-refractivity contribution in [2.75, 3.05) is 18.1 Å². The Hall–Kier alpha value is -0.950. The molecular weight excluding hydrogens is 278 g/mol.